The van der Waals surface area contributed by atoms with Crippen LogP contribution in [0.3, 0.4) is 0 Å². The van der Waals surface area contributed by atoms with Gasteiger partial charge in [0, 0.05) is 5.88 Å². The highest BCUT2D eigenvalue weighted by Crippen LogP contribution is 2.33. The molecule has 0 amide bonds. The lowest BCUT2D eigenvalue weighted by molar-refractivity contribution is 0.182. The van der Waals surface area contributed by atoms with E-state index in [0.29, 0.717) is 0 Å². The normalized spacial score (nSPS) is 20.1. The van der Waals surface area contributed by atoms with Gasteiger partial charge in [0.1, 0.15) is 0 Å². The van der Waals surface area contributed by atoms with Gasteiger partial charge < -0.3 is 0 Å². The van der Waals surface area contributed by atoms with Crippen molar-refractivity contribution in [3.8, 4) is 0 Å². The Morgan fingerprint density at radius 3 is 1.79 bits per heavy atom. The molecular formula is C13H27Cl. The van der Waals surface area contributed by atoms with Crippen molar-refractivity contribution in [2.45, 2.75) is 53.9 Å². The van der Waals surface area contributed by atoms with Crippen molar-refractivity contribution in [3.63, 3.8) is 0 Å². The summed E-state index contributed by atoms with van der Waals surface area (Å²) >= 11 is 5.89. The molecule has 4 unspecified atom stereocenters. The van der Waals surface area contributed by atoms with Gasteiger partial charge in [-0.3, -0.25) is 0 Å². The van der Waals surface area contributed by atoms with Crippen molar-refractivity contribution in [2.24, 2.45) is 23.7 Å². The van der Waals surface area contributed by atoms with E-state index in [2.05, 4.69) is 34.6 Å². The fraction of sp³-hybridized carbons (Fsp3) is 1.00. The third-order valence-corrected chi connectivity index (χ3v) is 4.25. The topological polar surface area (TPSA) is 0 Å². The van der Waals surface area contributed by atoms with Crippen molar-refractivity contribution < 1.29 is 0 Å². The van der Waals surface area contributed by atoms with E-state index in [-0.39, 0.29) is 0 Å². The van der Waals surface area contributed by atoms with E-state index in [1.54, 1.807) is 0 Å². The molecule has 1 heteroatoms. The van der Waals surface area contributed by atoms with Crippen LogP contribution in [0.15, 0.2) is 0 Å². The SMILES string of the molecule is CCC(C)C(C)C(CCCl)C(C)CC. The summed E-state index contributed by atoms with van der Waals surface area (Å²) < 4.78 is 0. The standard InChI is InChI=1S/C13H27Cl/c1-6-10(3)12(5)13(8-9-14)11(4)7-2/h10-13H,6-9H2,1-5H3. The Morgan fingerprint density at radius 2 is 1.43 bits per heavy atom. The molecule has 0 bridgehead atoms. The third-order valence-electron chi connectivity index (χ3n) is 4.03. The maximum absolute atomic E-state index is 5.89. The predicted octanol–water partition coefficient (Wildman–Crippen LogP) is 4.96. The summed E-state index contributed by atoms with van der Waals surface area (Å²) in [6.45, 7) is 11.7. The molecule has 0 saturated carbocycles. The van der Waals surface area contributed by atoms with Gasteiger partial charge >= 0.3 is 0 Å². The molecule has 86 valence electrons. The van der Waals surface area contributed by atoms with Gasteiger partial charge in [-0.2, -0.15) is 0 Å². The molecule has 0 aromatic heterocycles. The third kappa shape index (κ3) is 4.21. The van der Waals surface area contributed by atoms with Crippen molar-refractivity contribution >= 4 is 11.6 Å². The fourth-order valence-electron chi connectivity index (χ4n) is 2.29. The molecule has 0 saturated heterocycles. The first-order valence-corrected chi connectivity index (χ1v) is 6.67. The minimum absolute atomic E-state index is 0.812. The summed E-state index contributed by atoms with van der Waals surface area (Å²) in [5, 5.41) is 0. The Labute approximate surface area is 95.4 Å². The molecule has 0 aliphatic heterocycles. The van der Waals surface area contributed by atoms with Crippen molar-refractivity contribution in [3.05, 3.63) is 0 Å². The Kier molecular flexibility index (Phi) is 7.72. The Morgan fingerprint density at radius 1 is 0.929 bits per heavy atom. The molecule has 0 aromatic rings. The van der Waals surface area contributed by atoms with Gasteiger partial charge in [-0.05, 0) is 30.1 Å². The molecule has 0 aliphatic rings. The van der Waals surface area contributed by atoms with Crippen LogP contribution >= 0.6 is 11.6 Å². The lowest BCUT2D eigenvalue weighted by atomic mass is 9.74. The highest BCUT2D eigenvalue weighted by Gasteiger charge is 2.25. The zero-order valence-corrected chi connectivity index (χ0v) is 11.3. The van der Waals surface area contributed by atoms with Crippen LogP contribution in [0.2, 0.25) is 0 Å². The van der Waals surface area contributed by atoms with Gasteiger partial charge in [0.05, 0.1) is 0 Å². The summed E-state index contributed by atoms with van der Waals surface area (Å²) in [6.07, 6.45) is 3.75. The molecule has 0 spiro atoms. The van der Waals surface area contributed by atoms with Crippen LogP contribution in [-0.2, 0) is 0 Å². The number of hydrogen-bond donors (Lipinski definition) is 0. The van der Waals surface area contributed by atoms with E-state index in [1.165, 1.54) is 19.3 Å². The molecule has 0 heterocycles. The summed E-state index contributed by atoms with van der Waals surface area (Å²) in [5.41, 5.74) is 0. The van der Waals surface area contributed by atoms with E-state index < -0.39 is 0 Å². The molecule has 0 rings (SSSR count). The first-order chi connectivity index (χ1) is 6.58. The molecule has 0 nitrogen and oxygen atoms in total. The van der Waals surface area contributed by atoms with Crippen LogP contribution in [0.25, 0.3) is 0 Å². The molecular weight excluding hydrogens is 192 g/mol. The second kappa shape index (κ2) is 7.56. The average Bonchev–Trinajstić information content (AvgIpc) is 2.22. The van der Waals surface area contributed by atoms with E-state index >= 15 is 0 Å². The summed E-state index contributed by atoms with van der Waals surface area (Å²) in [4.78, 5) is 0. The molecule has 0 aliphatic carbocycles. The van der Waals surface area contributed by atoms with Crippen LogP contribution in [0.4, 0.5) is 0 Å². The van der Waals surface area contributed by atoms with Gasteiger partial charge in [-0.15, -0.1) is 11.6 Å². The summed E-state index contributed by atoms with van der Waals surface area (Å²) in [6, 6.07) is 0. The van der Waals surface area contributed by atoms with Crippen LogP contribution in [0, 0.1) is 23.7 Å². The van der Waals surface area contributed by atoms with E-state index in [0.717, 1.165) is 29.6 Å². The molecule has 4 atom stereocenters. The van der Waals surface area contributed by atoms with Crippen LogP contribution < -0.4 is 0 Å². The Bertz CT molecular complexity index is 133. The number of hydrogen-bond acceptors (Lipinski definition) is 0. The van der Waals surface area contributed by atoms with Crippen LogP contribution in [-0.4, -0.2) is 5.88 Å². The molecule has 0 N–H and O–H groups in total. The minimum Gasteiger partial charge on any atom is -0.127 e. The maximum Gasteiger partial charge on any atom is 0.0226 e. The quantitative estimate of drug-likeness (QED) is 0.530. The number of rotatable bonds is 7. The highest BCUT2D eigenvalue weighted by molar-refractivity contribution is 6.17. The maximum atomic E-state index is 5.89. The second-order valence-electron chi connectivity index (χ2n) is 4.77. The lowest BCUT2D eigenvalue weighted by Crippen LogP contribution is -2.24. The van der Waals surface area contributed by atoms with Gasteiger partial charge in [0.25, 0.3) is 0 Å². The van der Waals surface area contributed by atoms with Crippen LogP contribution in [0.5, 0.6) is 0 Å². The first kappa shape index (κ1) is 14.3. The van der Waals surface area contributed by atoms with E-state index in [4.69, 9.17) is 11.6 Å². The lowest BCUT2D eigenvalue weighted by Gasteiger charge is -2.32. The van der Waals surface area contributed by atoms with Crippen molar-refractivity contribution in [1.29, 1.82) is 0 Å². The van der Waals surface area contributed by atoms with Crippen molar-refractivity contribution in [2.75, 3.05) is 5.88 Å². The van der Waals surface area contributed by atoms with Gasteiger partial charge in [0.2, 0.25) is 0 Å². The summed E-state index contributed by atoms with van der Waals surface area (Å²) in [7, 11) is 0. The fourth-order valence-corrected chi connectivity index (χ4v) is 2.54. The smallest absolute Gasteiger partial charge is 0.0226 e. The van der Waals surface area contributed by atoms with Gasteiger partial charge in [0.15, 0.2) is 0 Å². The molecule has 14 heavy (non-hydrogen) atoms. The summed E-state index contributed by atoms with van der Waals surface area (Å²) in [5.74, 6) is 4.09. The largest absolute Gasteiger partial charge is 0.127 e. The van der Waals surface area contributed by atoms with Crippen molar-refractivity contribution in [1.82, 2.24) is 0 Å². The van der Waals surface area contributed by atoms with E-state index in [1.807, 2.05) is 0 Å². The zero-order valence-electron chi connectivity index (χ0n) is 10.5. The van der Waals surface area contributed by atoms with E-state index in [9.17, 15) is 0 Å². The number of halogens is 1. The van der Waals surface area contributed by atoms with Gasteiger partial charge in [-0.1, -0.05) is 47.5 Å². The van der Waals surface area contributed by atoms with Crippen LogP contribution in [0.1, 0.15) is 53.9 Å². The highest BCUT2D eigenvalue weighted by atomic mass is 35.5. The molecule has 0 fully saturated rings. The molecule has 0 radical (unpaired) electrons. The minimum atomic E-state index is 0.812. The Hall–Kier alpha value is 0.290. The monoisotopic (exact) mass is 218 g/mol. The first-order valence-electron chi connectivity index (χ1n) is 6.14. The zero-order chi connectivity index (χ0) is 11.1. The Balaban J connectivity index is 4.31. The molecule has 0 aromatic carbocycles. The average molecular weight is 219 g/mol. The van der Waals surface area contributed by atoms with Gasteiger partial charge in [-0.25, -0.2) is 0 Å². The second-order valence-corrected chi connectivity index (χ2v) is 5.15. The number of alkyl halides is 1. The predicted molar refractivity (Wildman–Crippen MR) is 66.9 cm³/mol.